The minimum atomic E-state index is -0.636. The summed E-state index contributed by atoms with van der Waals surface area (Å²) in [5.41, 5.74) is 2.16. The van der Waals surface area contributed by atoms with Gasteiger partial charge in [0.15, 0.2) is 5.75 Å². The fourth-order valence-corrected chi connectivity index (χ4v) is 2.87. The van der Waals surface area contributed by atoms with Gasteiger partial charge in [0, 0.05) is 25.0 Å². The van der Waals surface area contributed by atoms with Gasteiger partial charge in [0.25, 0.3) is 0 Å². The lowest BCUT2D eigenvalue weighted by Crippen LogP contribution is -2.16. The molecule has 4 aromatic rings. The second-order valence-corrected chi connectivity index (χ2v) is 6.32. The van der Waals surface area contributed by atoms with E-state index in [-0.39, 0.29) is 10.8 Å². The number of para-hydroxylation sites is 1. The maximum atomic E-state index is 12.0. The molecule has 0 spiro atoms. The summed E-state index contributed by atoms with van der Waals surface area (Å²) in [4.78, 5) is 20.4. The fraction of sp³-hybridized carbons (Fsp3) is 0.0500. The molecule has 2 aromatic heterocycles. The first kappa shape index (κ1) is 17.8. The van der Waals surface area contributed by atoms with E-state index in [1.54, 1.807) is 30.3 Å². The number of carbonyl (C=O) groups excluding carboxylic acids is 1. The molecular weight excluding hydrogens is 380 g/mol. The molecule has 0 radical (unpaired) electrons. The monoisotopic (exact) mass is 394 g/mol. The Morgan fingerprint density at radius 1 is 1.11 bits per heavy atom. The van der Waals surface area contributed by atoms with E-state index >= 15 is 0 Å². The molecular formula is C20H15ClN4O3. The van der Waals surface area contributed by atoms with Crippen molar-refractivity contribution in [2.45, 2.75) is 0 Å². The Labute approximate surface area is 165 Å². The molecule has 1 N–H and O–H groups in total. The van der Waals surface area contributed by atoms with Crippen molar-refractivity contribution in [3.63, 3.8) is 0 Å². The van der Waals surface area contributed by atoms with Gasteiger partial charge in [0.2, 0.25) is 5.88 Å². The Balaban J connectivity index is 1.50. The van der Waals surface area contributed by atoms with E-state index in [1.807, 2.05) is 42.1 Å². The molecule has 4 rings (SSSR count). The Kier molecular flexibility index (Phi) is 4.82. The van der Waals surface area contributed by atoms with Crippen molar-refractivity contribution >= 4 is 34.4 Å². The van der Waals surface area contributed by atoms with Crippen LogP contribution in [0.25, 0.3) is 11.0 Å². The number of amides is 1. The smallest absolute Gasteiger partial charge is 0.417 e. The molecule has 1 amide bonds. The molecule has 0 aliphatic carbocycles. The van der Waals surface area contributed by atoms with Crippen molar-refractivity contribution in [1.82, 2.24) is 14.5 Å². The second-order valence-electron chi connectivity index (χ2n) is 5.91. The highest BCUT2D eigenvalue weighted by atomic mass is 35.5. The van der Waals surface area contributed by atoms with E-state index in [9.17, 15) is 4.79 Å². The van der Waals surface area contributed by atoms with E-state index in [2.05, 4.69) is 15.3 Å². The third-order valence-electron chi connectivity index (χ3n) is 3.97. The predicted octanol–water partition coefficient (Wildman–Crippen LogP) is 5.02. The Hall–Kier alpha value is -3.58. The highest BCUT2D eigenvalue weighted by Gasteiger charge is 2.13. The van der Waals surface area contributed by atoms with Gasteiger partial charge in [0.05, 0.1) is 10.5 Å². The number of hydrogen-bond acceptors (Lipinski definition) is 5. The number of benzene rings is 2. The Morgan fingerprint density at radius 3 is 2.71 bits per heavy atom. The van der Waals surface area contributed by atoms with Crippen molar-refractivity contribution in [1.29, 1.82) is 0 Å². The quantitative estimate of drug-likeness (QED) is 0.525. The summed E-state index contributed by atoms with van der Waals surface area (Å²) >= 11 is 6.25. The molecule has 0 bridgehead atoms. The molecule has 140 valence electrons. The zero-order valence-corrected chi connectivity index (χ0v) is 15.6. The number of aryl methyl sites for hydroxylation is 1. The normalized spacial score (nSPS) is 10.6. The molecule has 0 saturated heterocycles. The van der Waals surface area contributed by atoms with Crippen molar-refractivity contribution in [2.24, 2.45) is 7.05 Å². The summed E-state index contributed by atoms with van der Waals surface area (Å²) in [7, 11) is 1.88. The van der Waals surface area contributed by atoms with Gasteiger partial charge >= 0.3 is 6.09 Å². The molecule has 0 fully saturated rings. The standard InChI is InChI=1S/C20H15ClN4O3/c1-25-10-9-16-18(25)19(23-12-22-16)27-14-7-8-17(15(21)11-14)28-20(26)24-13-5-3-2-4-6-13/h2-12H,1H3,(H,24,26). The van der Waals surface area contributed by atoms with Crippen LogP contribution in [0.5, 0.6) is 17.4 Å². The zero-order valence-electron chi connectivity index (χ0n) is 14.8. The van der Waals surface area contributed by atoms with Gasteiger partial charge in [-0.05, 0) is 30.3 Å². The van der Waals surface area contributed by atoms with Crippen molar-refractivity contribution in [3.8, 4) is 17.4 Å². The molecule has 2 heterocycles. The highest BCUT2D eigenvalue weighted by Crippen LogP contribution is 2.33. The molecule has 0 atom stereocenters. The summed E-state index contributed by atoms with van der Waals surface area (Å²) in [6.07, 6.45) is 2.68. The summed E-state index contributed by atoms with van der Waals surface area (Å²) < 4.78 is 13.0. The number of nitrogens with zero attached hydrogens (tertiary/aromatic N) is 3. The molecule has 0 aliphatic rings. The van der Waals surface area contributed by atoms with Crippen molar-refractivity contribution in [3.05, 3.63) is 72.1 Å². The van der Waals surface area contributed by atoms with Gasteiger partial charge in [-0.15, -0.1) is 0 Å². The number of halogens is 1. The summed E-state index contributed by atoms with van der Waals surface area (Å²) in [5, 5.41) is 2.86. The van der Waals surface area contributed by atoms with Crippen molar-refractivity contribution in [2.75, 3.05) is 5.32 Å². The maximum Gasteiger partial charge on any atom is 0.417 e. The fourth-order valence-electron chi connectivity index (χ4n) is 2.66. The number of anilines is 1. The summed E-state index contributed by atoms with van der Waals surface area (Å²) in [5.74, 6) is 1.08. The maximum absolute atomic E-state index is 12.0. The molecule has 28 heavy (non-hydrogen) atoms. The number of aromatic nitrogens is 3. The van der Waals surface area contributed by atoms with Crippen LogP contribution in [0.1, 0.15) is 0 Å². The number of hydrogen-bond donors (Lipinski definition) is 1. The van der Waals surface area contributed by atoms with Crippen LogP contribution in [0.15, 0.2) is 67.1 Å². The van der Waals surface area contributed by atoms with E-state index in [4.69, 9.17) is 21.1 Å². The van der Waals surface area contributed by atoms with Crippen LogP contribution in [-0.4, -0.2) is 20.6 Å². The van der Waals surface area contributed by atoms with E-state index in [1.165, 1.54) is 6.33 Å². The third kappa shape index (κ3) is 3.74. The topological polar surface area (TPSA) is 78.3 Å². The van der Waals surface area contributed by atoms with Crippen LogP contribution in [0.3, 0.4) is 0 Å². The average molecular weight is 395 g/mol. The van der Waals surface area contributed by atoms with Crippen molar-refractivity contribution < 1.29 is 14.3 Å². The number of ether oxygens (including phenoxy) is 2. The van der Waals surface area contributed by atoms with Crippen LogP contribution >= 0.6 is 11.6 Å². The Morgan fingerprint density at radius 2 is 1.93 bits per heavy atom. The van der Waals surface area contributed by atoms with Gasteiger partial charge in [-0.2, -0.15) is 4.98 Å². The van der Waals surface area contributed by atoms with E-state index in [0.29, 0.717) is 17.3 Å². The lowest BCUT2D eigenvalue weighted by molar-refractivity contribution is 0.215. The third-order valence-corrected chi connectivity index (χ3v) is 4.26. The van der Waals surface area contributed by atoms with Crippen LogP contribution in [0, 0.1) is 0 Å². The first-order valence-electron chi connectivity index (χ1n) is 8.37. The lowest BCUT2D eigenvalue weighted by atomic mass is 10.3. The number of fused-ring (bicyclic) bond motifs is 1. The van der Waals surface area contributed by atoms with E-state index in [0.717, 1.165) is 11.0 Å². The van der Waals surface area contributed by atoms with Crippen LogP contribution in [-0.2, 0) is 7.05 Å². The first-order valence-corrected chi connectivity index (χ1v) is 8.75. The minimum absolute atomic E-state index is 0.217. The van der Waals surface area contributed by atoms with Gasteiger partial charge in [-0.25, -0.2) is 9.78 Å². The van der Waals surface area contributed by atoms with Crippen LogP contribution in [0.2, 0.25) is 5.02 Å². The predicted molar refractivity (Wildman–Crippen MR) is 106 cm³/mol. The second kappa shape index (κ2) is 7.58. The number of carbonyl (C=O) groups is 1. The summed E-state index contributed by atoms with van der Waals surface area (Å²) in [6.45, 7) is 0. The lowest BCUT2D eigenvalue weighted by Gasteiger charge is -2.10. The number of rotatable bonds is 4. The first-order chi connectivity index (χ1) is 13.6. The largest absolute Gasteiger partial charge is 0.437 e. The molecule has 0 unspecified atom stereocenters. The van der Waals surface area contributed by atoms with Gasteiger partial charge in [0.1, 0.15) is 17.6 Å². The number of nitrogens with one attached hydrogen (secondary N) is 1. The molecule has 8 heteroatoms. The molecule has 7 nitrogen and oxygen atoms in total. The zero-order chi connectivity index (χ0) is 19.5. The minimum Gasteiger partial charge on any atom is -0.437 e. The van der Waals surface area contributed by atoms with Gasteiger partial charge < -0.3 is 14.0 Å². The highest BCUT2D eigenvalue weighted by molar-refractivity contribution is 6.32. The summed E-state index contributed by atoms with van der Waals surface area (Å²) in [6, 6.07) is 15.6. The molecule has 0 aliphatic heterocycles. The van der Waals surface area contributed by atoms with Crippen LogP contribution in [0.4, 0.5) is 10.5 Å². The van der Waals surface area contributed by atoms with E-state index < -0.39 is 6.09 Å². The van der Waals surface area contributed by atoms with Crippen LogP contribution < -0.4 is 14.8 Å². The van der Waals surface area contributed by atoms with Gasteiger partial charge in [-0.3, -0.25) is 5.32 Å². The molecule has 2 aromatic carbocycles. The average Bonchev–Trinajstić information content (AvgIpc) is 3.07. The SMILES string of the molecule is Cn1ccc2ncnc(Oc3ccc(OC(=O)Nc4ccccc4)c(Cl)c3)c21. The molecule has 0 saturated carbocycles. The Bertz CT molecular complexity index is 1140. The van der Waals surface area contributed by atoms with Gasteiger partial charge in [-0.1, -0.05) is 29.8 Å².